The van der Waals surface area contributed by atoms with E-state index in [2.05, 4.69) is 46.4 Å². The Morgan fingerprint density at radius 2 is 2.00 bits per heavy atom. The Morgan fingerprint density at radius 1 is 1.26 bits per heavy atom. The Bertz CT molecular complexity index is 894. The Labute approximate surface area is 158 Å². The molecule has 0 fully saturated rings. The normalized spacial score (nSPS) is 11.4. The van der Waals surface area contributed by atoms with Gasteiger partial charge in [0.1, 0.15) is 5.69 Å². The molecule has 0 aliphatic rings. The molecule has 0 bridgehead atoms. The third kappa shape index (κ3) is 4.72. The van der Waals surface area contributed by atoms with Crippen LogP contribution in [-0.4, -0.2) is 38.3 Å². The van der Waals surface area contributed by atoms with Gasteiger partial charge in [-0.1, -0.05) is 25.9 Å². The van der Waals surface area contributed by atoms with Crippen LogP contribution < -0.4 is 5.32 Å². The minimum atomic E-state index is -0.205. The molecule has 2 amide bonds. The van der Waals surface area contributed by atoms with Gasteiger partial charge in [0.05, 0.1) is 24.5 Å². The van der Waals surface area contributed by atoms with Crippen molar-refractivity contribution in [2.45, 2.75) is 39.3 Å². The Kier molecular flexibility index (Phi) is 5.25. The monoisotopic (exact) mass is 368 g/mol. The predicted octanol–water partition coefficient (Wildman–Crippen LogP) is 3.10. The summed E-state index contributed by atoms with van der Waals surface area (Å²) in [7, 11) is 1.71. The summed E-state index contributed by atoms with van der Waals surface area (Å²) in [4.78, 5) is 17.8. The second kappa shape index (κ2) is 7.61. The molecule has 0 aliphatic heterocycles. The lowest BCUT2D eigenvalue weighted by Crippen LogP contribution is -2.36. The molecule has 3 aromatic heterocycles. The highest BCUT2D eigenvalue weighted by molar-refractivity contribution is 5.73. The zero-order valence-electron chi connectivity index (χ0n) is 16.0. The van der Waals surface area contributed by atoms with Crippen LogP contribution in [0.3, 0.4) is 0 Å². The van der Waals surface area contributed by atoms with Gasteiger partial charge in [-0.2, -0.15) is 5.10 Å². The maximum atomic E-state index is 12.3. The standard InChI is InChI=1S/C19H24N6O2/c1-19(2,3)17-9-14(22-23-17)11-21-18(26)25(4)12-15-10-16(24-27-15)13-5-7-20-8-6-13/h5-10H,11-12H2,1-4H3,(H,21,26)(H,22,23). The van der Waals surface area contributed by atoms with Crippen molar-refractivity contribution in [3.05, 3.63) is 53.8 Å². The van der Waals surface area contributed by atoms with Crippen molar-refractivity contribution in [1.82, 2.24) is 30.6 Å². The number of rotatable bonds is 5. The molecule has 142 valence electrons. The summed E-state index contributed by atoms with van der Waals surface area (Å²) in [5.41, 5.74) is 3.43. The van der Waals surface area contributed by atoms with Crippen LogP contribution in [0, 0.1) is 0 Å². The zero-order valence-corrected chi connectivity index (χ0v) is 16.0. The van der Waals surface area contributed by atoms with E-state index in [1.165, 1.54) is 4.90 Å². The highest BCUT2D eigenvalue weighted by Crippen LogP contribution is 2.20. The summed E-state index contributed by atoms with van der Waals surface area (Å²) < 4.78 is 5.34. The van der Waals surface area contributed by atoms with Gasteiger partial charge in [0.25, 0.3) is 0 Å². The van der Waals surface area contributed by atoms with E-state index in [-0.39, 0.29) is 11.4 Å². The number of aromatic nitrogens is 4. The highest BCUT2D eigenvalue weighted by atomic mass is 16.5. The molecule has 0 atom stereocenters. The number of hydrogen-bond acceptors (Lipinski definition) is 5. The van der Waals surface area contributed by atoms with Gasteiger partial charge in [-0.15, -0.1) is 0 Å². The number of carbonyl (C=O) groups is 1. The maximum Gasteiger partial charge on any atom is 0.317 e. The van der Waals surface area contributed by atoms with E-state index in [0.29, 0.717) is 24.5 Å². The van der Waals surface area contributed by atoms with E-state index in [1.807, 2.05) is 24.3 Å². The smallest absolute Gasteiger partial charge is 0.317 e. The summed E-state index contributed by atoms with van der Waals surface area (Å²) in [6, 6.07) is 7.30. The maximum absolute atomic E-state index is 12.3. The van der Waals surface area contributed by atoms with E-state index in [9.17, 15) is 4.79 Å². The molecule has 27 heavy (non-hydrogen) atoms. The molecule has 3 heterocycles. The summed E-state index contributed by atoms with van der Waals surface area (Å²) in [6.07, 6.45) is 3.40. The van der Waals surface area contributed by atoms with Gasteiger partial charge in [-0.25, -0.2) is 4.79 Å². The van der Waals surface area contributed by atoms with Crippen LogP contribution in [0.25, 0.3) is 11.3 Å². The van der Waals surface area contributed by atoms with Crippen molar-refractivity contribution in [2.75, 3.05) is 7.05 Å². The quantitative estimate of drug-likeness (QED) is 0.721. The molecule has 0 spiro atoms. The Balaban J connectivity index is 1.54. The van der Waals surface area contributed by atoms with E-state index in [0.717, 1.165) is 17.0 Å². The largest absolute Gasteiger partial charge is 0.359 e. The molecule has 3 rings (SSSR count). The number of aromatic amines is 1. The van der Waals surface area contributed by atoms with Crippen LogP contribution in [0.15, 0.2) is 41.2 Å². The fourth-order valence-electron chi connectivity index (χ4n) is 2.49. The van der Waals surface area contributed by atoms with Crippen LogP contribution in [0.5, 0.6) is 0 Å². The second-order valence-electron chi connectivity index (χ2n) is 7.46. The number of H-pyrrole nitrogens is 1. The fourth-order valence-corrected chi connectivity index (χ4v) is 2.49. The van der Waals surface area contributed by atoms with Crippen molar-refractivity contribution in [1.29, 1.82) is 0 Å². The zero-order chi connectivity index (χ0) is 19.4. The molecule has 0 radical (unpaired) electrons. The minimum Gasteiger partial charge on any atom is -0.359 e. The third-order valence-corrected chi connectivity index (χ3v) is 4.10. The molecule has 8 heteroatoms. The first-order chi connectivity index (χ1) is 12.8. The Morgan fingerprint density at radius 3 is 2.67 bits per heavy atom. The number of urea groups is 1. The molecule has 8 nitrogen and oxygen atoms in total. The van der Waals surface area contributed by atoms with Crippen molar-refractivity contribution >= 4 is 6.03 Å². The lowest BCUT2D eigenvalue weighted by Gasteiger charge is -2.16. The molecule has 2 N–H and O–H groups in total. The Hall–Kier alpha value is -3.16. The SMILES string of the molecule is CN(Cc1cc(-c2ccncc2)no1)C(=O)NCc1cc(C(C)(C)C)n[nH]1. The number of amides is 2. The number of carbonyl (C=O) groups excluding carboxylic acids is 1. The predicted molar refractivity (Wildman–Crippen MR) is 101 cm³/mol. The average molecular weight is 368 g/mol. The van der Waals surface area contributed by atoms with Gasteiger partial charge in [-0.05, 0) is 18.2 Å². The molecular weight excluding hydrogens is 344 g/mol. The molecule has 0 aliphatic carbocycles. The minimum absolute atomic E-state index is 0.0334. The van der Waals surface area contributed by atoms with Crippen LogP contribution >= 0.6 is 0 Å². The van der Waals surface area contributed by atoms with Crippen molar-refractivity contribution in [2.24, 2.45) is 0 Å². The molecule has 0 aromatic carbocycles. The second-order valence-corrected chi connectivity index (χ2v) is 7.46. The summed E-state index contributed by atoms with van der Waals surface area (Å²) >= 11 is 0. The molecular formula is C19H24N6O2. The molecule has 0 saturated carbocycles. The highest BCUT2D eigenvalue weighted by Gasteiger charge is 2.18. The topological polar surface area (TPSA) is 99.9 Å². The average Bonchev–Trinajstić information content (AvgIpc) is 3.29. The van der Waals surface area contributed by atoms with Gasteiger partial charge in [0.2, 0.25) is 0 Å². The summed E-state index contributed by atoms with van der Waals surface area (Å²) in [5.74, 6) is 0.607. The molecule has 3 aromatic rings. The van der Waals surface area contributed by atoms with Crippen LogP contribution in [0.4, 0.5) is 4.79 Å². The van der Waals surface area contributed by atoms with Crippen molar-refractivity contribution in [3.8, 4) is 11.3 Å². The number of nitrogens with one attached hydrogen (secondary N) is 2. The van der Waals surface area contributed by atoms with E-state index < -0.39 is 0 Å². The van der Waals surface area contributed by atoms with E-state index in [1.54, 1.807) is 19.4 Å². The first kappa shape index (κ1) is 18.6. The number of nitrogens with zero attached hydrogens (tertiary/aromatic N) is 4. The van der Waals surface area contributed by atoms with Crippen LogP contribution in [0.1, 0.15) is 37.9 Å². The first-order valence-corrected chi connectivity index (χ1v) is 8.72. The molecule has 0 saturated heterocycles. The first-order valence-electron chi connectivity index (χ1n) is 8.72. The molecule has 0 unspecified atom stereocenters. The number of hydrogen-bond donors (Lipinski definition) is 2. The van der Waals surface area contributed by atoms with Gasteiger partial charge >= 0.3 is 6.03 Å². The van der Waals surface area contributed by atoms with Gasteiger partial charge < -0.3 is 14.7 Å². The fraction of sp³-hybridized carbons (Fsp3) is 0.368. The lowest BCUT2D eigenvalue weighted by molar-refractivity contribution is 0.200. The summed E-state index contributed by atoms with van der Waals surface area (Å²) in [5, 5.41) is 14.2. The van der Waals surface area contributed by atoms with Crippen molar-refractivity contribution < 1.29 is 9.32 Å². The van der Waals surface area contributed by atoms with E-state index >= 15 is 0 Å². The van der Waals surface area contributed by atoms with E-state index in [4.69, 9.17) is 4.52 Å². The summed E-state index contributed by atoms with van der Waals surface area (Å²) in [6.45, 7) is 6.98. The third-order valence-electron chi connectivity index (χ3n) is 4.10. The lowest BCUT2D eigenvalue weighted by atomic mass is 9.92. The van der Waals surface area contributed by atoms with Crippen LogP contribution in [0.2, 0.25) is 0 Å². The van der Waals surface area contributed by atoms with Crippen molar-refractivity contribution in [3.63, 3.8) is 0 Å². The van der Waals surface area contributed by atoms with Gasteiger partial charge in [0, 0.05) is 36.5 Å². The van der Waals surface area contributed by atoms with Crippen LogP contribution in [-0.2, 0) is 18.5 Å². The number of pyridine rings is 1. The van der Waals surface area contributed by atoms with Gasteiger partial charge in [0.15, 0.2) is 5.76 Å². The van der Waals surface area contributed by atoms with Gasteiger partial charge in [-0.3, -0.25) is 10.1 Å².